The highest BCUT2D eigenvalue weighted by Gasteiger charge is 2.16. The molecule has 2 N–H and O–H groups in total. The quantitative estimate of drug-likeness (QED) is 0.311. The van der Waals surface area contributed by atoms with Crippen molar-refractivity contribution >= 4 is 11.9 Å². The van der Waals surface area contributed by atoms with Crippen molar-refractivity contribution < 1.29 is 24.5 Å². The van der Waals surface area contributed by atoms with E-state index in [9.17, 15) is 15.0 Å². The number of allylic oxidation sites excluding steroid dienone is 3. The van der Waals surface area contributed by atoms with Crippen LogP contribution in [0.1, 0.15) is 35.3 Å². The summed E-state index contributed by atoms with van der Waals surface area (Å²) in [7, 11) is 1.52. The van der Waals surface area contributed by atoms with Crippen molar-refractivity contribution in [2.24, 2.45) is 0 Å². The van der Waals surface area contributed by atoms with Gasteiger partial charge in [0.25, 0.3) is 0 Å². The maximum absolute atomic E-state index is 12.5. The number of rotatable bonds is 8. The Hall–Kier alpha value is -3.05. The molecule has 0 aliphatic heterocycles. The number of carbonyl (C=O) groups excluding carboxylic acids is 1. The van der Waals surface area contributed by atoms with Gasteiger partial charge in [0.05, 0.1) is 5.56 Å². The molecule has 2 aromatic carbocycles. The van der Waals surface area contributed by atoms with Crippen LogP contribution in [-0.2, 0) is 11.2 Å². The predicted octanol–water partition coefficient (Wildman–Crippen LogP) is 4.49. The van der Waals surface area contributed by atoms with Gasteiger partial charge in [0.2, 0.25) is 0 Å². The molecule has 0 aromatic heterocycles. The molecule has 2 rings (SSSR count). The topological polar surface area (TPSA) is 76.0 Å². The molecule has 5 heteroatoms. The second-order valence-corrected chi connectivity index (χ2v) is 6.26. The van der Waals surface area contributed by atoms with Crippen LogP contribution < -0.4 is 4.74 Å². The monoisotopic (exact) mass is 368 g/mol. The van der Waals surface area contributed by atoms with Gasteiger partial charge in [-0.3, -0.25) is 4.79 Å². The summed E-state index contributed by atoms with van der Waals surface area (Å²) in [6.45, 7) is 3.97. The SMILES string of the molecule is COCOc1ccc(C(=O)/C=C/c2ccc(O)cc2)c(O)c1CC=C(C)C. The van der Waals surface area contributed by atoms with Gasteiger partial charge >= 0.3 is 0 Å². The number of benzene rings is 2. The van der Waals surface area contributed by atoms with Crippen LogP contribution in [0.4, 0.5) is 0 Å². The fourth-order valence-corrected chi connectivity index (χ4v) is 2.42. The summed E-state index contributed by atoms with van der Waals surface area (Å²) >= 11 is 0. The number of aromatic hydroxyl groups is 2. The van der Waals surface area contributed by atoms with Gasteiger partial charge in [0.1, 0.15) is 17.2 Å². The maximum Gasteiger partial charge on any atom is 0.189 e. The highest BCUT2D eigenvalue weighted by molar-refractivity contribution is 6.09. The highest BCUT2D eigenvalue weighted by atomic mass is 16.7. The van der Waals surface area contributed by atoms with Gasteiger partial charge in [0, 0.05) is 12.7 Å². The van der Waals surface area contributed by atoms with Crippen LogP contribution in [0.25, 0.3) is 6.08 Å². The van der Waals surface area contributed by atoms with Crippen LogP contribution >= 0.6 is 0 Å². The normalized spacial score (nSPS) is 10.8. The molecule has 0 aliphatic rings. The average Bonchev–Trinajstić information content (AvgIpc) is 2.64. The van der Waals surface area contributed by atoms with E-state index in [0.29, 0.717) is 17.7 Å². The van der Waals surface area contributed by atoms with Gasteiger partial charge in [-0.15, -0.1) is 0 Å². The first kappa shape index (κ1) is 20.3. The summed E-state index contributed by atoms with van der Waals surface area (Å²) in [5, 5.41) is 20.0. The Morgan fingerprint density at radius 2 is 1.78 bits per heavy atom. The van der Waals surface area contributed by atoms with E-state index in [1.165, 1.54) is 19.3 Å². The number of methoxy groups -OCH3 is 1. The lowest BCUT2D eigenvalue weighted by molar-refractivity contribution is 0.0503. The molecule has 0 bridgehead atoms. The van der Waals surface area contributed by atoms with Gasteiger partial charge in [-0.2, -0.15) is 0 Å². The number of phenolic OH excluding ortho intramolecular Hbond substituents is 2. The fourth-order valence-electron chi connectivity index (χ4n) is 2.42. The lowest BCUT2D eigenvalue weighted by atomic mass is 10.0. The van der Waals surface area contributed by atoms with Crippen LogP contribution in [0.2, 0.25) is 0 Å². The molecule has 0 spiro atoms. The Balaban J connectivity index is 2.32. The number of hydrogen-bond acceptors (Lipinski definition) is 5. The maximum atomic E-state index is 12.5. The van der Waals surface area contributed by atoms with Crippen molar-refractivity contribution in [3.05, 3.63) is 70.8 Å². The predicted molar refractivity (Wildman–Crippen MR) is 105 cm³/mol. The van der Waals surface area contributed by atoms with Gasteiger partial charge in [-0.25, -0.2) is 0 Å². The molecule has 0 radical (unpaired) electrons. The van der Waals surface area contributed by atoms with Gasteiger partial charge in [-0.1, -0.05) is 29.9 Å². The molecule has 0 aliphatic carbocycles. The van der Waals surface area contributed by atoms with Gasteiger partial charge in [0.15, 0.2) is 12.6 Å². The first-order valence-corrected chi connectivity index (χ1v) is 8.53. The fraction of sp³-hybridized carbons (Fsp3) is 0.227. The Morgan fingerprint density at radius 1 is 1.07 bits per heavy atom. The summed E-state index contributed by atoms with van der Waals surface area (Å²) in [5.74, 6) is 0.219. The minimum absolute atomic E-state index is 0.0509. The minimum atomic E-state index is -0.322. The molecule has 0 atom stereocenters. The van der Waals surface area contributed by atoms with E-state index >= 15 is 0 Å². The Labute approximate surface area is 159 Å². The smallest absolute Gasteiger partial charge is 0.189 e. The molecule has 0 saturated heterocycles. The van der Waals surface area contributed by atoms with E-state index in [4.69, 9.17) is 9.47 Å². The summed E-state index contributed by atoms with van der Waals surface area (Å²) in [5.41, 5.74) is 2.60. The van der Waals surface area contributed by atoms with Crippen LogP contribution in [0, 0.1) is 0 Å². The standard InChI is InChI=1S/C22H24O5/c1-15(2)4-10-19-21(27-14-26-3)13-11-18(22(19)25)20(24)12-7-16-5-8-17(23)9-6-16/h4-9,11-13,23,25H,10,14H2,1-3H3/b12-7+. The molecule has 5 nitrogen and oxygen atoms in total. The average molecular weight is 368 g/mol. The molecule has 0 unspecified atom stereocenters. The third kappa shape index (κ3) is 5.72. The second kappa shape index (κ2) is 9.59. The molecule has 0 heterocycles. The first-order valence-electron chi connectivity index (χ1n) is 8.53. The number of carbonyl (C=O) groups is 1. The summed E-state index contributed by atoms with van der Waals surface area (Å²) in [6.07, 6.45) is 5.42. The van der Waals surface area contributed by atoms with Crippen molar-refractivity contribution in [2.45, 2.75) is 20.3 Å². The van der Waals surface area contributed by atoms with Crippen molar-refractivity contribution in [3.8, 4) is 17.2 Å². The Morgan fingerprint density at radius 3 is 2.41 bits per heavy atom. The molecule has 0 fully saturated rings. The van der Waals surface area contributed by atoms with Crippen molar-refractivity contribution in [1.82, 2.24) is 0 Å². The van der Waals surface area contributed by atoms with E-state index in [0.717, 1.165) is 11.1 Å². The zero-order chi connectivity index (χ0) is 19.8. The Kier molecular flexibility index (Phi) is 7.20. The number of phenols is 2. The first-order chi connectivity index (χ1) is 12.9. The van der Waals surface area contributed by atoms with E-state index in [-0.39, 0.29) is 29.6 Å². The summed E-state index contributed by atoms with van der Waals surface area (Å²) < 4.78 is 10.4. The number of ether oxygens (including phenoxy) is 2. The third-order valence-corrected chi connectivity index (χ3v) is 3.87. The number of hydrogen-bond donors (Lipinski definition) is 2. The molecule has 142 valence electrons. The molecule has 0 saturated carbocycles. The molecule has 27 heavy (non-hydrogen) atoms. The highest BCUT2D eigenvalue weighted by Crippen LogP contribution is 2.33. The van der Waals surface area contributed by atoms with Crippen LogP contribution in [0.3, 0.4) is 0 Å². The van der Waals surface area contributed by atoms with Crippen LogP contribution in [0.5, 0.6) is 17.2 Å². The third-order valence-electron chi connectivity index (χ3n) is 3.87. The summed E-state index contributed by atoms with van der Waals surface area (Å²) in [4.78, 5) is 12.5. The number of ketones is 1. The van der Waals surface area contributed by atoms with E-state index in [1.807, 2.05) is 19.9 Å². The molecule has 0 amide bonds. The Bertz CT molecular complexity index is 844. The van der Waals surface area contributed by atoms with E-state index < -0.39 is 0 Å². The van der Waals surface area contributed by atoms with Crippen molar-refractivity contribution in [3.63, 3.8) is 0 Å². The molecular weight excluding hydrogens is 344 g/mol. The lowest BCUT2D eigenvalue weighted by Gasteiger charge is -2.13. The largest absolute Gasteiger partial charge is 0.508 e. The summed E-state index contributed by atoms with van der Waals surface area (Å²) in [6, 6.07) is 9.67. The molecular formula is C22H24O5. The molecule has 2 aromatic rings. The van der Waals surface area contributed by atoms with E-state index in [1.54, 1.807) is 36.4 Å². The lowest BCUT2D eigenvalue weighted by Crippen LogP contribution is -2.04. The zero-order valence-electron chi connectivity index (χ0n) is 15.7. The van der Waals surface area contributed by atoms with Crippen molar-refractivity contribution in [2.75, 3.05) is 13.9 Å². The van der Waals surface area contributed by atoms with Crippen LogP contribution in [-0.4, -0.2) is 29.9 Å². The van der Waals surface area contributed by atoms with E-state index in [2.05, 4.69) is 0 Å². The second-order valence-electron chi connectivity index (χ2n) is 6.26. The van der Waals surface area contributed by atoms with Gasteiger partial charge < -0.3 is 19.7 Å². The van der Waals surface area contributed by atoms with Crippen molar-refractivity contribution in [1.29, 1.82) is 0 Å². The van der Waals surface area contributed by atoms with Crippen LogP contribution in [0.15, 0.2) is 54.1 Å². The van der Waals surface area contributed by atoms with Gasteiger partial charge in [-0.05, 0) is 56.2 Å². The minimum Gasteiger partial charge on any atom is -0.508 e. The zero-order valence-corrected chi connectivity index (χ0v) is 15.7.